The second kappa shape index (κ2) is 10.7. The number of amides is 1. The van der Waals surface area contributed by atoms with Crippen molar-refractivity contribution in [3.63, 3.8) is 0 Å². The van der Waals surface area contributed by atoms with E-state index in [1.807, 2.05) is 18.2 Å². The van der Waals surface area contributed by atoms with Crippen LogP contribution in [0.1, 0.15) is 52.0 Å². The molecule has 0 aliphatic carbocycles. The van der Waals surface area contributed by atoms with Crippen LogP contribution in [0.4, 0.5) is 5.69 Å². The first-order valence-corrected chi connectivity index (χ1v) is 13.2. The number of hydrogen-bond donors (Lipinski definition) is 3. The summed E-state index contributed by atoms with van der Waals surface area (Å²) in [6.45, 7) is 3.38. The molecule has 0 spiro atoms. The Bertz CT molecular complexity index is 1330. The number of nitrogens with zero attached hydrogens (tertiary/aromatic N) is 2. The maximum absolute atomic E-state index is 12.7. The summed E-state index contributed by atoms with van der Waals surface area (Å²) in [5, 5.41) is 14.6. The third-order valence-electron chi connectivity index (χ3n) is 7.62. The van der Waals surface area contributed by atoms with E-state index in [0.29, 0.717) is 44.0 Å². The van der Waals surface area contributed by atoms with Crippen molar-refractivity contribution in [1.82, 2.24) is 15.2 Å². The molecule has 8 heteroatoms. The first-order chi connectivity index (χ1) is 17.8. The fourth-order valence-electron chi connectivity index (χ4n) is 5.38. The third kappa shape index (κ3) is 5.74. The number of fused-ring (bicyclic) bond motifs is 1. The van der Waals surface area contributed by atoms with E-state index >= 15 is 0 Å². The van der Waals surface area contributed by atoms with E-state index in [1.165, 1.54) is 11.3 Å². The maximum Gasteiger partial charge on any atom is 0.261 e. The van der Waals surface area contributed by atoms with Gasteiger partial charge in [0.1, 0.15) is 5.56 Å². The first-order valence-electron chi connectivity index (χ1n) is 12.8. The number of hydrogen-bond acceptors (Lipinski definition) is 5. The number of halogens is 1. The highest BCUT2D eigenvalue weighted by Crippen LogP contribution is 2.33. The fraction of sp³-hybridized carbons (Fsp3) is 0.379. The molecule has 1 aromatic heterocycles. The predicted octanol–water partition coefficient (Wildman–Crippen LogP) is 3.82. The van der Waals surface area contributed by atoms with Crippen LogP contribution >= 0.6 is 11.6 Å². The zero-order valence-electron chi connectivity index (χ0n) is 21.1. The number of carbonyl (C=O) groups excluding carboxylic acids is 1. The highest BCUT2D eigenvalue weighted by atomic mass is 35.5. The molecular formula is C29H33ClN4O3. The zero-order chi connectivity index (χ0) is 26.0. The summed E-state index contributed by atoms with van der Waals surface area (Å²) in [6.07, 6.45) is 3.36. The van der Waals surface area contributed by atoms with E-state index in [-0.39, 0.29) is 11.5 Å². The molecule has 3 heterocycles. The van der Waals surface area contributed by atoms with Gasteiger partial charge in [-0.3, -0.25) is 14.5 Å². The lowest BCUT2D eigenvalue weighted by molar-refractivity contribution is -0.0279. The molecule has 2 aliphatic rings. The van der Waals surface area contributed by atoms with Crippen molar-refractivity contribution < 1.29 is 9.90 Å². The Morgan fingerprint density at radius 3 is 2.57 bits per heavy atom. The smallest absolute Gasteiger partial charge is 0.261 e. The number of anilines is 1. The Hall–Kier alpha value is -3.13. The molecule has 0 radical (unpaired) electrons. The van der Waals surface area contributed by atoms with E-state index in [4.69, 9.17) is 11.6 Å². The Morgan fingerprint density at radius 1 is 1.08 bits per heavy atom. The number of nitrogens with one attached hydrogen (secondary N) is 2. The van der Waals surface area contributed by atoms with Gasteiger partial charge < -0.3 is 20.3 Å². The number of piperidine rings is 1. The van der Waals surface area contributed by atoms with Crippen LogP contribution in [0.3, 0.4) is 0 Å². The summed E-state index contributed by atoms with van der Waals surface area (Å²) in [5.41, 5.74) is 4.04. The van der Waals surface area contributed by atoms with Gasteiger partial charge in [-0.05, 0) is 72.7 Å². The number of H-pyrrole nitrogens is 1. The molecule has 0 unspecified atom stereocenters. The van der Waals surface area contributed by atoms with Crippen molar-refractivity contribution in [2.45, 2.75) is 44.4 Å². The molecule has 37 heavy (non-hydrogen) atoms. The van der Waals surface area contributed by atoms with Crippen LogP contribution < -0.4 is 15.8 Å². The molecule has 0 saturated carbocycles. The lowest BCUT2D eigenvalue weighted by Gasteiger charge is -2.38. The summed E-state index contributed by atoms with van der Waals surface area (Å²) in [6, 6.07) is 17.0. The lowest BCUT2D eigenvalue weighted by atomic mass is 9.84. The van der Waals surface area contributed by atoms with Gasteiger partial charge in [0.15, 0.2) is 0 Å². The molecule has 2 aliphatic heterocycles. The molecule has 3 aromatic rings. The Morgan fingerprint density at radius 2 is 1.84 bits per heavy atom. The van der Waals surface area contributed by atoms with Crippen molar-refractivity contribution in [3.05, 3.63) is 97.9 Å². The SMILES string of the molecule is CN1CCCc2cc(CNC(=O)c3ccc(CN4CCC(O)(c5ccc(Cl)cc5)CC4)[nH]c3=O)ccc21. The van der Waals surface area contributed by atoms with E-state index in [0.717, 1.165) is 36.2 Å². The van der Waals surface area contributed by atoms with Gasteiger partial charge in [0.05, 0.1) is 5.60 Å². The van der Waals surface area contributed by atoms with Gasteiger partial charge in [-0.25, -0.2) is 0 Å². The topological polar surface area (TPSA) is 88.7 Å². The van der Waals surface area contributed by atoms with Crippen molar-refractivity contribution >= 4 is 23.2 Å². The third-order valence-corrected chi connectivity index (χ3v) is 7.87. The van der Waals surface area contributed by atoms with Crippen LogP contribution in [0.15, 0.2) is 59.4 Å². The fourth-order valence-corrected chi connectivity index (χ4v) is 5.51. The van der Waals surface area contributed by atoms with Gasteiger partial charge in [-0.1, -0.05) is 35.9 Å². The van der Waals surface area contributed by atoms with E-state index in [1.54, 1.807) is 24.3 Å². The molecule has 3 N–H and O–H groups in total. The number of carbonyl (C=O) groups is 1. The number of pyridine rings is 1. The van der Waals surface area contributed by atoms with Gasteiger partial charge in [0.2, 0.25) is 0 Å². The van der Waals surface area contributed by atoms with E-state index in [2.05, 4.69) is 39.3 Å². The van der Waals surface area contributed by atoms with Crippen LogP contribution in [0.5, 0.6) is 0 Å². The van der Waals surface area contributed by atoms with Crippen LogP contribution in [0.2, 0.25) is 5.02 Å². The van der Waals surface area contributed by atoms with Crippen LogP contribution in [-0.2, 0) is 25.1 Å². The average molecular weight is 521 g/mol. The van der Waals surface area contributed by atoms with Gasteiger partial charge in [0.25, 0.3) is 11.5 Å². The standard InChI is InChI=1S/C29H33ClN4O3/c1-33-14-2-3-21-17-20(4-11-26(21)33)18-31-27(35)25-10-9-24(32-28(25)36)19-34-15-12-29(37,13-16-34)22-5-7-23(30)8-6-22/h4-11,17,37H,2-3,12-16,18-19H2,1H3,(H,31,35)(H,32,36). The van der Waals surface area contributed by atoms with Gasteiger partial charge in [-0.15, -0.1) is 0 Å². The molecule has 0 bridgehead atoms. The normalized spacial score (nSPS) is 17.3. The predicted molar refractivity (Wildman–Crippen MR) is 146 cm³/mol. The molecule has 194 valence electrons. The van der Waals surface area contributed by atoms with Gasteiger partial charge in [-0.2, -0.15) is 0 Å². The van der Waals surface area contributed by atoms with Crippen molar-refractivity contribution in [2.24, 2.45) is 0 Å². The monoisotopic (exact) mass is 520 g/mol. The zero-order valence-corrected chi connectivity index (χ0v) is 21.9. The molecule has 7 nitrogen and oxygen atoms in total. The number of rotatable bonds is 6. The Labute approximate surface area is 222 Å². The van der Waals surface area contributed by atoms with Crippen LogP contribution in [0, 0.1) is 0 Å². The Balaban J connectivity index is 1.16. The van der Waals surface area contributed by atoms with Crippen molar-refractivity contribution in [2.75, 3.05) is 31.6 Å². The number of aliphatic hydroxyl groups is 1. The number of likely N-dealkylation sites (tertiary alicyclic amines) is 1. The minimum Gasteiger partial charge on any atom is -0.385 e. The second-order valence-corrected chi connectivity index (χ2v) is 10.6. The maximum atomic E-state index is 12.7. The average Bonchev–Trinajstić information content (AvgIpc) is 2.89. The minimum atomic E-state index is -0.871. The molecular weight excluding hydrogens is 488 g/mol. The highest BCUT2D eigenvalue weighted by Gasteiger charge is 2.34. The van der Waals surface area contributed by atoms with Gasteiger partial charge >= 0.3 is 0 Å². The summed E-state index contributed by atoms with van der Waals surface area (Å²) in [4.78, 5) is 32.7. The number of aromatic amines is 1. The summed E-state index contributed by atoms with van der Waals surface area (Å²) in [7, 11) is 2.10. The molecule has 1 amide bonds. The first kappa shape index (κ1) is 25.5. The molecule has 1 saturated heterocycles. The van der Waals surface area contributed by atoms with Gasteiger partial charge in [0, 0.05) is 56.2 Å². The largest absolute Gasteiger partial charge is 0.385 e. The van der Waals surface area contributed by atoms with Crippen molar-refractivity contribution in [1.29, 1.82) is 0 Å². The summed E-state index contributed by atoms with van der Waals surface area (Å²) >= 11 is 5.98. The molecule has 1 fully saturated rings. The highest BCUT2D eigenvalue weighted by molar-refractivity contribution is 6.30. The Kier molecular flexibility index (Phi) is 7.38. The summed E-state index contributed by atoms with van der Waals surface area (Å²) in [5.74, 6) is -0.381. The second-order valence-electron chi connectivity index (χ2n) is 10.2. The number of benzene rings is 2. The van der Waals surface area contributed by atoms with E-state index in [9.17, 15) is 14.7 Å². The molecule has 2 aromatic carbocycles. The summed E-state index contributed by atoms with van der Waals surface area (Å²) < 4.78 is 0. The molecule has 5 rings (SSSR count). The molecule has 0 atom stereocenters. The van der Waals surface area contributed by atoms with E-state index < -0.39 is 11.2 Å². The van der Waals surface area contributed by atoms with Crippen molar-refractivity contribution in [3.8, 4) is 0 Å². The van der Waals surface area contributed by atoms with Crippen LogP contribution in [-0.4, -0.2) is 47.6 Å². The number of aromatic nitrogens is 1. The lowest BCUT2D eigenvalue weighted by Crippen LogP contribution is -2.42. The van der Waals surface area contributed by atoms with Crippen LogP contribution in [0.25, 0.3) is 0 Å². The minimum absolute atomic E-state index is 0.109. The quantitative estimate of drug-likeness (QED) is 0.460. The number of aryl methyl sites for hydroxylation is 1.